The fourth-order valence-electron chi connectivity index (χ4n) is 4.00. The summed E-state index contributed by atoms with van der Waals surface area (Å²) in [6.07, 6.45) is 1.69. The van der Waals surface area contributed by atoms with Crippen molar-refractivity contribution >= 4 is 28.0 Å². The monoisotopic (exact) mass is 406 g/mol. The number of ether oxygens (including phenoxy) is 3. The Morgan fingerprint density at radius 2 is 1.90 bits per heavy atom. The van der Waals surface area contributed by atoms with Crippen molar-refractivity contribution in [1.82, 2.24) is 9.97 Å². The number of morpholine rings is 1. The summed E-state index contributed by atoms with van der Waals surface area (Å²) in [5, 5.41) is 4.60. The normalized spacial score (nSPS) is 20.1. The fourth-order valence-corrected chi connectivity index (χ4v) is 4.00. The zero-order valence-corrected chi connectivity index (χ0v) is 17.3. The Hall–Kier alpha value is -2.74. The van der Waals surface area contributed by atoms with Gasteiger partial charge in [-0.05, 0) is 50.2 Å². The van der Waals surface area contributed by atoms with E-state index >= 15 is 0 Å². The van der Waals surface area contributed by atoms with Crippen LogP contribution in [0.5, 0.6) is 0 Å². The molecule has 0 aliphatic carbocycles. The first kappa shape index (κ1) is 19.2. The summed E-state index contributed by atoms with van der Waals surface area (Å²) in [4.78, 5) is 11.6. The van der Waals surface area contributed by atoms with Crippen molar-refractivity contribution in [3.05, 3.63) is 54.0 Å². The number of rotatable bonds is 4. The van der Waals surface area contributed by atoms with Crippen LogP contribution in [0.25, 0.3) is 10.9 Å². The van der Waals surface area contributed by atoms with Gasteiger partial charge >= 0.3 is 0 Å². The Morgan fingerprint density at radius 1 is 1.03 bits per heavy atom. The topological polar surface area (TPSA) is 68.7 Å². The number of hydrogen-bond acceptors (Lipinski definition) is 7. The molecule has 2 saturated heterocycles. The molecule has 2 fully saturated rings. The molecule has 0 amide bonds. The van der Waals surface area contributed by atoms with Gasteiger partial charge in [-0.25, -0.2) is 0 Å². The largest absolute Gasteiger partial charge is 0.375 e. The van der Waals surface area contributed by atoms with E-state index in [2.05, 4.69) is 46.4 Å². The van der Waals surface area contributed by atoms with E-state index in [4.69, 9.17) is 19.2 Å². The van der Waals surface area contributed by atoms with E-state index in [1.54, 1.807) is 0 Å². The second kappa shape index (κ2) is 8.18. The molecule has 1 N–H and O–H groups in total. The van der Waals surface area contributed by atoms with E-state index in [-0.39, 0.29) is 12.4 Å². The van der Waals surface area contributed by atoms with E-state index in [1.807, 2.05) is 25.3 Å². The highest BCUT2D eigenvalue weighted by atomic mass is 16.7. The molecule has 1 atom stereocenters. The number of benzene rings is 1. The molecule has 0 radical (unpaired) electrons. The first-order valence-corrected chi connectivity index (χ1v) is 10.4. The molecule has 2 aromatic heterocycles. The molecule has 30 heavy (non-hydrogen) atoms. The molecule has 3 aromatic rings. The smallest absolute Gasteiger partial charge is 0.201 e. The van der Waals surface area contributed by atoms with Gasteiger partial charge in [-0.3, -0.25) is 9.97 Å². The van der Waals surface area contributed by atoms with Crippen molar-refractivity contribution in [2.45, 2.75) is 26.2 Å². The molecule has 2 aliphatic heterocycles. The number of fused-ring (bicyclic) bond motifs is 1. The summed E-state index contributed by atoms with van der Waals surface area (Å²) in [6.45, 7) is 7.89. The first-order chi connectivity index (χ1) is 14.7. The van der Waals surface area contributed by atoms with Crippen LogP contribution in [0.2, 0.25) is 0 Å². The Bertz CT molecular complexity index is 1030. The molecule has 0 bridgehead atoms. The third kappa shape index (κ3) is 3.96. The molecule has 0 saturated carbocycles. The second-order valence-electron chi connectivity index (χ2n) is 7.81. The van der Waals surface area contributed by atoms with Gasteiger partial charge in [0.15, 0.2) is 0 Å². The summed E-state index contributed by atoms with van der Waals surface area (Å²) in [5.41, 5.74) is 5.85. The lowest BCUT2D eigenvalue weighted by Gasteiger charge is -2.33. The van der Waals surface area contributed by atoms with E-state index in [9.17, 15) is 0 Å². The Labute approximate surface area is 176 Å². The van der Waals surface area contributed by atoms with Crippen molar-refractivity contribution in [3.63, 3.8) is 0 Å². The summed E-state index contributed by atoms with van der Waals surface area (Å²) in [5.74, 6) is 0. The van der Waals surface area contributed by atoms with Gasteiger partial charge in [0.1, 0.15) is 0 Å². The summed E-state index contributed by atoms with van der Waals surface area (Å²) < 4.78 is 16.7. The number of nitrogens with one attached hydrogen (secondary N) is 1. The third-order valence-corrected chi connectivity index (χ3v) is 5.46. The molecule has 0 unspecified atom stereocenters. The van der Waals surface area contributed by atoms with Gasteiger partial charge < -0.3 is 24.4 Å². The second-order valence-corrected chi connectivity index (χ2v) is 7.81. The maximum atomic E-state index is 5.69. The zero-order chi connectivity index (χ0) is 20.5. The molecule has 4 heterocycles. The number of pyridine rings is 2. The lowest BCUT2D eigenvalue weighted by molar-refractivity contribution is -0.0472. The summed E-state index contributed by atoms with van der Waals surface area (Å²) >= 11 is 0. The SMILES string of the molecule is Cc1cc(Nc2ccc(C3OCCO3)nc2)c2cc(N3CCO[C@H](C)C3)ccc2n1. The van der Waals surface area contributed by atoms with Gasteiger partial charge in [0, 0.05) is 35.5 Å². The van der Waals surface area contributed by atoms with E-state index in [1.165, 1.54) is 5.69 Å². The van der Waals surface area contributed by atoms with Gasteiger partial charge in [0.2, 0.25) is 6.29 Å². The van der Waals surface area contributed by atoms with Crippen LogP contribution in [0.15, 0.2) is 42.6 Å². The molecule has 156 valence electrons. The van der Waals surface area contributed by atoms with Crippen LogP contribution in [0, 0.1) is 6.92 Å². The predicted molar refractivity (Wildman–Crippen MR) is 116 cm³/mol. The van der Waals surface area contributed by atoms with Gasteiger partial charge in [-0.1, -0.05) is 0 Å². The Kier molecular flexibility index (Phi) is 5.25. The van der Waals surface area contributed by atoms with Crippen LogP contribution in [0.4, 0.5) is 17.1 Å². The fraction of sp³-hybridized carbons (Fsp3) is 0.391. The van der Waals surface area contributed by atoms with Crippen LogP contribution >= 0.6 is 0 Å². The average Bonchev–Trinajstić information content (AvgIpc) is 3.29. The average molecular weight is 406 g/mol. The molecule has 7 heteroatoms. The van der Waals surface area contributed by atoms with Crippen molar-refractivity contribution in [1.29, 1.82) is 0 Å². The predicted octanol–water partition coefficient (Wildman–Crippen LogP) is 3.95. The number of aryl methyl sites for hydroxylation is 1. The lowest BCUT2D eigenvalue weighted by atomic mass is 10.1. The zero-order valence-electron chi connectivity index (χ0n) is 17.3. The lowest BCUT2D eigenvalue weighted by Crippen LogP contribution is -2.41. The molecular formula is C23H26N4O3. The summed E-state index contributed by atoms with van der Waals surface area (Å²) in [6, 6.07) is 12.5. The van der Waals surface area contributed by atoms with Crippen LogP contribution < -0.4 is 10.2 Å². The molecule has 2 aliphatic rings. The number of aromatic nitrogens is 2. The number of nitrogens with zero attached hydrogens (tertiary/aromatic N) is 3. The van der Waals surface area contributed by atoms with Crippen LogP contribution in [-0.2, 0) is 14.2 Å². The third-order valence-electron chi connectivity index (χ3n) is 5.46. The molecule has 1 aromatic carbocycles. The van der Waals surface area contributed by atoms with Crippen LogP contribution in [-0.4, -0.2) is 49.0 Å². The standard InChI is InChI=1S/C23H26N4O3/c1-15-11-22(26-17-3-5-21(24-13-17)23-29-9-10-30-23)19-12-18(4-6-20(19)25-15)27-7-8-28-16(2)14-27/h3-6,11-13,16,23H,7-10,14H2,1-2H3,(H,25,26)/t16-/m1/s1. The highest BCUT2D eigenvalue weighted by Crippen LogP contribution is 2.31. The molecule has 7 nitrogen and oxygen atoms in total. The molecular weight excluding hydrogens is 380 g/mol. The number of hydrogen-bond donors (Lipinski definition) is 1. The van der Waals surface area contributed by atoms with Gasteiger partial charge in [0.25, 0.3) is 0 Å². The highest BCUT2D eigenvalue weighted by Gasteiger charge is 2.20. The minimum absolute atomic E-state index is 0.237. The van der Waals surface area contributed by atoms with Crippen molar-refractivity contribution < 1.29 is 14.2 Å². The Balaban J connectivity index is 1.44. The minimum Gasteiger partial charge on any atom is -0.375 e. The van der Waals surface area contributed by atoms with E-state index in [0.29, 0.717) is 13.2 Å². The van der Waals surface area contributed by atoms with Crippen molar-refractivity contribution in [3.8, 4) is 0 Å². The Morgan fingerprint density at radius 3 is 2.67 bits per heavy atom. The van der Waals surface area contributed by atoms with Crippen LogP contribution in [0.1, 0.15) is 24.6 Å². The van der Waals surface area contributed by atoms with Crippen LogP contribution in [0.3, 0.4) is 0 Å². The molecule has 5 rings (SSSR count). The first-order valence-electron chi connectivity index (χ1n) is 10.4. The van der Waals surface area contributed by atoms with Gasteiger partial charge in [-0.2, -0.15) is 0 Å². The van der Waals surface area contributed by atoms with Crippen molar-refractivity contribution in [2.24, 2.45) is 0 Å². The number of anilines is 3. The maximum Gasteiger partial charge on any atom is 0.201 e. The van der Waals surface area contributed by atoms with E-state index < -0.39 is 0 Å². The van der Waals surface area contributed by atoms with Gasteiger partial charge in [0.05, 0.1) is 49.0 Å². The highest BCUT2D eigenvalue weighted by molar-refractivity contribution is 5.95. The molecule has 0 spiro atoms. The van der Waals surface area contributed by atoms with E-state index in [0.717, 1.165) is 53.4 Å². The minimum atomic E-state index is -0.360. The maximum absolute atomic E-state index is 5.69. The van der Waals surface area contributed by atoms with Gasteiger partial charge in [-0.15, -0.1) is 0 Å². The summed E-state index contributed by atoms with van der Waals surface area (Å²) in [7, 11) is 0. The van der Waals surface area contributed by atoms with Crippen molar-refractivity contribution in [2.75, 3.05) is 43.1 Å². The quantitative estimate of drug-likeness (QED) is 0.703.